The van der Waals surface area contributed by atoms with Crippen LogP contribution in [0.4, 0.5) is 5.69 Å². The van der Waals surface area contributed by atoms with Gasteiger partial charge in [-0.1, -0.05) is 17.7 Å². The predicted octanol–water partition coefficient (Wildman–Crippen LogP) is 4.98. The highest BCUT2D eigenvalue weighted by Gasteiger charge is 2.08. The number of phenolic OH excluding ortho intramolecular Hbond substituents is 1. The van der Waals surface area contributed by atoms with Crippen LogP contribution in [0.2, 0.25) is 0 Å². The van der Waals surface area contributed by atoms with Crippen LogP contribution >= 0.6 is 11.9 Å². The molecule has 1 heterocycles. The zero-order chi connectivity index (χ0) is 15.7. The summed E-state index contributed by atoms with van der Waals surface area (Å²) in [4.78, 5) is 5.27. The number of nitrogens with zero attached hydrogens (tertiary/aromatic N) is 1. The first-order valence-corrected chi connectivity index (χ1v) is 7.93. The molecule has 0 saturated carbocycles. The summed E-state index contributed by atoms with van der Waals surface area (Å²) in [5.41, 5.74) is 4.45. The summed E-state index contributed by atoms with van der Waals surface area (Å²) in [5.74, 6) is 0.232. The number of pyridine rings is 1. The molecule has 2 N–H and O–H groups in total. The van der Waals surface area contributed by atoms with E-state index in [1.54, 1.807) is 18.5 Å². The molecule has 0 aliphatic rings. The summed E-state index contributed by atoms with van der Waals surface area (Å²) >= 11 is 1.53. The number of anilines is 1. The van der Waals surface area contributed by atoms with Crippen LogP contribution in [0.25, 0.3) is 10.8 Å². The van der Waals surface area contributed by atoms with Crippen molar-refractivity contribution in [1.82, 2.24) is 4.98 Å². The summed E-state index contributed by atoms with van der Waals surface area (Å²) in [6.45, 7) is 6.32. The van der Waals surface area contributed by atoms with Crippen molar-refractivity contribution in [2.24, 2.45) is 0 Å². The Hall–Kier alpha value is -2.20. The second-order valence-electron chi connectivity index (χ2n) is 5.52. The number of hydrogen-bond donors (Lipinski definition) is 2. The number of aromatic nitrogens is 1. The summed E-state index contributed by atoms with van der Waals surface area (Å²) in [7, 11) is 0. The molecule has 0 spiro atoms. The third kappa shape index (κ3) is 2.88. The Kier molecular flexibility index (Phi) is 3.94. The van der Waals surface area contributed by atoms with Crippen molar-refractivity contribution >= 4 is 28.4 Å². The highest BCUT2D eigenvalue weighted by atomic mass is 32.2. The molecule has 0 saturated heterocycles. The van der Waals surface area contributed by atoms with E-state index in [9.17, 15) is 5.11 Å². The zero-order valence-corrected chi connectivity index (χ0v) is 13.7. The van der Waals surface area contributed by atoms with Crippen LogP contribution in [-0.4, -0.2) is 10.1 Å². The monoisotopic (exact) mass is 310 g/mol. The topological polar surface area (TPSA) is 45.2 Å². The van der Waals surface area contributed by atoms with Gasteiger partial charge in [-0.25, -0.2) is 0 Å². The van der Waals surface area contributed by atoms with Crippen molar-refractivity contribution in [1.29, 1.82) is 0 Å². The second-order valence-corrected chi connectivity index (χ2v) is 6.34. The molecule has 112 valence electrons. The van der Waals surface area contributed by atoms with Gasteiger partial charge in [0.25, 0.3) is 0 Å². The lowest BCUT2D eigenvalue weighted by Gasteiger charge is -2.13. The van der Waals surface area contributed by atoms with Crippen molar-refractivity contribution in [3.63, 3.8) is 0 Å². The lowest BCUT2D eigenvalue weighted by Crippen LogP contribution is -1.93. The molecule has 0 fully saturated rings. The maximum absolute atomic E-state index is 10.2. The molecule has 0 unspecified atom stereocenters. The molecule has 0 bridgehead atoms. The highest BCUT2D eigenvalue weighted by Crippen LogP contribution is 2.34. The molecule has 0 aliphatic heterocycles. The average molecular weight is 310 g/mol. The van der Waals surface area contributed by atoms with E-state index < -0.39 is 0 Å². The Morgan fingerprint density at radius 3 is 2.45 bits per heavy atom. The molecular weight excluding hydrogens is 292 g/mol. The molecule has 4 heteroatoms. The van der Waals surface area contributed by atoms with E-state index in [1.807, 2.05) is 12.1 Å². The minimum Gasteiger partial charge on any atom is -0.506 e. The van der Waals surface area contributed by atoms with Crippen molar-refractivity contribution in [2.45, 2.75) is 25.7 Å². The molecule has 0 atom stereocenters. The van der Waals surface area contributed by atoms with Gasteiger partial charge >= 0.3 is 0 Å². The van der Waals surface area contributed by atoms with Crippen LogP contribution in [0.3, 0.4) is 0 Å². The van der Waals surface area contributed by atoms with Gasteiger partial charge in [0.15, 0.2) is 0 Å². The Bertz CT molecular complexity index is 823. The van der Waals surface area contributed by atoms with Gasteiger partial charge in [-0.2, -0.15) is 0 Å². The standard InChI is InChI=1S/C18H18N2OS/c1-11-6-12(2)18(13(3)7-11)22-20-16-8-14-4-5-19-10-15(14)9-17(16)21/h4-10,20-21H,1-3H3. The molecule has 3 rings (SSSR count). The first-order chi connectivity index (χ1) is 10.5. The van der Waals surface area contributed by atoms with Crippen molar-refractivity contribution in [2.75, 3.05) is 4.72 Å². The van der Waals surface area contributed by atoms with Crippen LogP contribution in [-0.2, 0) is 0 Å². The number of phenols is 1. The summed E-state index contributed by atoms with van der Waals surface area (Å²) < 4.78 is 3.27. The van der Waals surface area contributed by atoms with E-state index in [1.165, 1.54) is 33.5 Å². The number of nitrogens with one attached hydrogen (secondary N) is 1. The number of fused-ring (bicyclic) bond motifs is 1. The zero-order valence-electron chi connectivity index (χ0n) is 12.8. The maximum atomic E-state index is 10.2. The van der Waals surface area contributed by atoms with E-state index in [4.69, 9.17) is 0 Å². The molecular formula is C18H18N2OS. The summed E-state index contributed by atoms with van der Waals surface area (Å²) in [6, 6.07) is 9.96. The van der Waals surface area contributed by atoms with E-state index in [-0.39, 0.29) is 5.75 Å². The molecule has 2 aromatic carbocycles. The molecule has 0 aliphatic carbocycles. The average Bonchev–Trinajstić information content (AvgIpc) is 2.46. The molecule has 22 heavy (non-hydrogen) atoms. The second kappa shape index (κ2) is 5.89. The van der Waals surface area contributed by atoms with E-state index in [2.05, 4.69) is 42.6 Å². The van der Waals surface area contributed by atoms with E-state index in [0.29, 0.717) is 5.69 Å². The fraction of sp³-hybridized carbons (Fsp3) is 0.167. The minimum atomic E-state index is 0.232. The summed E-state index contributed by atoms with van der Waals surface area (Å²) in [5, 5.41) is 12.1. The van der Waals surface area contributed by atoms with Crippen LogP contribution in [0.1, 0.15) is 16.7 Å². The Morgan fingerprint density at radius 2 is 1.73 bits per heavy atom. The molecule has 1 aromatic heterocycles. The van der Waals surface area contributed by atoms with Gasteiger partial charge in [0.1, 0.15) is 5.75 Å². The number of benzene rings is 2. The van der Waals surface area contributed by atoms with Gasteiger partial charge in [-0.3, -0.25) is 4.98 Å². The Labute approximate surface area is 134 Å². The molecule has 3 aromatic rings. The van der Waals surface area contributed by atoms with E-state index >= 15 is 0 Å². The quantitative estimate of drug-likeness (QED) is 0.529. The third-order valence-electron chi connectivity index (χ3n) is 3.62. The number of hydrogen-bond acceptors (Lipinski definition) is 4. The van der Waals surface area contributed by atoms with Gasteiger partial charge < -0.3 is 9.83 Å². The van der Waals surface area contributed by atoms with Crippen LogP contribution in [0.5, 0.6) is 5.75 Å². The van der Waals surface area contributed by atoms with Gasteiger partial charge in [0, 0.05) is 22.7 Å². The smallest absolute Gasteiger partial charge is 0.140 e. The van der Waals surface area contributed by atoms with Gasteiger partial charge in [-0.15, -0.1) is 0 Å². The minimum absolute atomic E-state index is 0.232. The predicted molar refractivity (Wildman–Crippen MR) is 93.5 cm³/mol. The van der Waals surface area contributed by atoms with Crippen molar-refractivity contribution in [3.05, 3.63) is 59.4 Å². The first-order valence-electron chi connectivity index (χ1n) is 7.12. The lowest BCUT2D eigenvalue weighted by molar-refractivity contribution is 0.479. The van der Waals surface area contributed by atoms with Crippen LogP contribution < -0.4 is 4.72 Å². The molecule has 0 amide bonds. The molecule has 3 nitrogen and oxygen atoms in total. The van der Waals surface area contributed by atoms with Gasteiger partial charge in [-0.05, 0) is 67.4 Å². The normalized spacial score (nSPS) is 10.9. The van der Waals surface area contributed by atoms with Crippen molar-refractivity contribution < 1.29 is 5.11 Å². The van der Waals surface area contributed by atoms with Crippen molar-refractivity contribution in [3.8, 4) is 5.75 Å². The Morgan fingerprint density at radius 1 is 1.00 bits per heavy atom. The van der Waals surface area contributed by atoms with Gasteiger partial charge in [0.05, 0.1) is 5.69 Å². The SMILES string of the molecule is Cc1cc(C)c(SNc2cc3ccncc3cc2O)c(C)c1. The third-order valence-corrected chi connectivity index (χ3v) is 4.79. The van der Waals surface area contributed by atoms with Crippen LogP contribution in [0.15, 0.2) is 47.6 Å². The largest absolute Gasteiger partial charge is 0.506 e. The molecule has 0 radical (unpaired) electrons. The lowest BCUT2D eigenvalue weighted by atomic mass is 10.1. The number of rotatable bonds is 3. The number of aromatic hydroxyl groups is 1. The fourth-order valence-electron chi connectivity index (χ4n) is 2.64. The summed E-state index contributed by atoms with van der Waals surface area (Å²) in [6.07, 6.45) is 3.50. The number of aryl methyl sites for hydroxylation is 3. The fourth-order valence-corrected chi connectivity index (χ4v) is 3.45. The Balaban J connectivity index is 1.90. The maximum Gasteiger partial charge on any atom is 0.140 e. The van der Waals surface area contributed by atoms with Crippen LogP contribution in [0, 0.1) is 20.8 Å². The first kappa shape index (κ1) is 14.7. The van der Waals surface area contributed by atoms with Gasteiger partial charge in [0.2, 0.25) is 0 Å². The van der Waals surface area contributed by atoms with E-state index in [0.717, 1.165) is 10.8 Å². The highest BCUT2D eigenvalue weighted by molar-refractivity contribution is 8.00.